The van der Waals surface area contributed by atoms with E-state index in [1.807, 2.05) is 42.5 Å². The summed E-state index contributed by atoms with van der Waals surface area (Å²) in [7, 11) is -2.83. The molecule has 0 aliphatic carbocycles. The minimum Gasteiger partial charge on any atom is -0.308 e. The smallest absolute Gasteiger partial charge is 0.175 e. The zero-order chi connectivity index (χ0) is 13.6. The Labute approximate surface area is 116 Å². The van der Waals surface area contributed by atoms with Gasteiger partial charge in [0.1, 0.15) is 0 Å². The first kappa shape index (κ1) is 11.6. The molecule has 3 aromatic rings. The molecule has 0 spiro atoms. The van der Waals surface area contributed by atoms with Crippen LogP contribution in [0.15, 0.2) is 67.3 Å². The van der Waals surface area contributed by atoms with Gasteiger partial charge in [-0.3, -0.25) is 9.97 Å². The van der Waals surface area contributed by atoms with E-state index in [0.717, 1.165) is 27.0 Å². The Kier molecular flexibility index (Phi) is 2.38. The molecule has 96 valence electrons. The average Bonchev–Trinajstić information content (AvgIpc) is 2.80. The fourth-order valence-corrected chi connectivity index (χ4v) is 5.71. The van der Waals surface area contributed by atoms with Gasteiger partial charge in [0.15, 0.2) is 7.14 Å². The van der Waals surface area contributed by atoms with Gasteiger partial charge < -0.3 is 4.57 Å². The van der Waals surface area contributed by atoms with E-state index >= 15 is 0 Å². The van der Waals surface area contributed by atoms with Gasteiger partial charge in [-0.15, -0.1) is 0 Å². The number of nitrogens with zero attached hydrogens (tertiary/aromatic N) is 2. The van der Waals surface area contributed by atoms with E-state index in [9.17, 15) is 4.57 Å². The molecular formula is C16H11N2OP. The summed E-state index contributed by atoms with van der Waals surface area (Å²) in [5, 5.41) is 2.46. The third-order valence-electron chi connectivity index (χ3n) is 3.69. The van der Waals surface area contributed by atoms with Crippen LogP contribution in [0.3, 0.4) is 0 Å². The molecule has 0 unspecified atom stereocenters. The summed E-state index contributed by atoms with van der Waals surface area (Å²) in [5.41, 5.74) is 2.01. The van der Waals surface area contributed by atoms with Crippen molar-refractivity contribution >= 4 is 23.1 Å². The molecule has 3 heterocycles. The molecule has 3 nitrogen and oxygen atoms in total. The first-order chi connectivity index (χ1) is 9.82. The Morgan fingerprint density at radius 2 is 1.30 bits per heavy atom. The quantitative estimate of drug-likeness (QED) is 0.501. The van der Waals surface area contributed by atoms with Crippen molar-refractivity contribution in [2.45, 2.75) is 0 Å². The zero-order valence-corrected chi connectivity index (χ0v) is 11.5. The molecule has 0 atom stereocenters. The summed E-state index contributed by atoms with van der Waals surface area (Å²) in [5.74, 6) is 0. The number of fused-ring (bicyclic) bond motifs is 3. The van der Waals surface area contributed by atoms with Crippen LogP contribution >= 0.6 is 7.14 Å². The molecule has 0 saturated carbocycles. The lowest BCUT2D eigenvalue weighted by atomic mass is 10.1. The summed E-state index contributed by atoms with van der Waals surface area (Å²) < 4.78 is 13.8. The molecule has 0 N–H and O–H groups in total. The highest BCUT2D eigenvalue weighted by molar-refractivity contribution is 7.86. The summed E-state index contributed by atoms with van der Waals surface area (Å²) in [6, 6.07) is 13.5. The number of rotatable bonds is 1. The Balaban J connectivity index is 2.13. The van der Waals surface area contributed by atoms with Crippen LogP contribution in [-0.4, -0.2) is 9.97 Å². The van der Waals surface area contributed by atoms with Crippen LogP contribution in [0.5, 0.6) is 0 Å². The second-order valence-electron chi connectivity index (χ2n) is 4.73. The molecule has 0 amide bonds. The third-order valence-corrected chi connectivity index (χ3v) is 6.78. The van der Waals surface area contributed by atoms with Crippen LogP contribution in [0.2, 0.25) is 0 Å². The lowest BCUT2D eigenvalue weighted by molar-refractivity contribution is 0.593. The van der Waals surface area contributed by atoms with Gasteiger partial charge in [-0.25, -0.2) is 0 Å². The molecule has 1 aliphatic rings. The van der Waals surface area contributed by atoms with Crippen molar-refractivity contribution in [2.75, 3.05) is 0 Å². The molecule has 0 bridgehead atoms. The Morgan fingerprint density at radius 3 is 1.85 bits per heavy atom. The van der Waals surface area contributed by atoms with E-state index in [2.05, 4.69) is 9.97 Å². The summed E-state index contributed by atoms with van der Waals surface area (Å²) >= 11 is 0. The number of benzene rings is 1. The number of hydrogen-bond acceptors (Lipinski definition) is 3. The third kappa shape index (κ3) is 1.38. The van der Waals surface area contributed by atoms with Crippen molar-refractivity contribution in [3.63, 3.8) is 0 Å². The van der Waals surface area contributed by atoms with Crippen molar-refractivity contribution in [2.24, 2.45) is 0 Å². The lowest BCUT2D eigenvalue weighted by Gasteiger charge is -2.14. The monoisotopic (exact) mass is 278 g/mol. The van der Waals surface area contributed by atoms with E-state index in [1.165, 1.54) is 0 Å². The number of aromatic nitrogens is 2. The topological polar surface area (TPSA) is 42.9 Å². The largest absolute Gasteiger partial charge is 0.308 e. The van der Waals surface area contributed by atoms with Gasteiger partial charge in [0.25, 0.3) is 0 Å². The van der Waals surface area contributed by atoms with Crippen molar-refractivity contribution in [3.8, 4) is 11.1 Å². The maximum Gasteiger partial charge on any atom is 0.175 e. The molecule has 0 saturated heterocycles. The van der Waals surface area contributed by atoms with Gasteiger partial charge in [0, 0.05) is 40.7 Å². The van der Waals surface area contributed by atoms with Crippen molar-refractivity contribution in [1.82, 2.24) is 9.97 Å². The Morgan fingerprint density at radius 1 is 0.750 bits per heavy atom. The average molecular weight is 278 g/mol. The molecule has 1 aliphatic heterocycles. The fourth-order valence-electron chi connectivity index (χ4n) is 2.78. The van der Waals surface area contributed by atoms with Gasteiger partial charge in [0.05, 0.1) is 0 Å². The van der Waals surface area contributed by atoms with Gasteiger partial charge in [-0.1, -0.05) is 30.3 Å². The van der Waals surface area contributed by atoms with Crippen LogP contribution < -0.4 is 15.9 Å². The highest BCUT2D eigenvalue weighted by Crippen LogP contribution is 2.51. The fraction of sp³-hybridized carbons (Fsp3) is 0. The van der Waals surface area contributed by atoms with Gasteiger partial charge in [0.2, 0.25) is 0 Å². The minimum absolute atomic E-state index is 0.814. The molecule has 0 radical (unpaired) electrons. The van der Waals surface area contributed by atoms with Crippen LogP contribution in [0.4, 0.5) is 0 Å². The van der Waals surface area contributed by atoms with E-state index in [0.29, 0.717) is 0 Å². The Bertz CT molecular complexity index is 796. The molecule has 2 aromatic heterocycles. The standard InChI is InChI=1S/C16H11N2OP/c19-20(12-4-2-1-3-5-12)15-10-17-8-6-13(15)14-7-9-18-11-16(14)20/h1-11H. The maximum atomic E-state index is 13.8. The Hall–Kier alpha value is -2.25. The second-order valence-corrected chi connectivity index (χ2v) is 7.43. The van der Waals surface area contributed by atoms with Crippen molar-refractivity contribution in [3.05, 3.63) is 67.3 Å². The molecule has 4 heteroatoms. The highest BCUT2D eigenvalue weighted by Gasteiger charge is 2.40. The van der Waals surface area contributed by atoms with Gasteiger partial charge in [-0.2, -0.15) is 0 Å². The van der Waals surface area contributed by atoms with Crippen LogP contribution in [-0.2, 0) is 4.57 Å². The van der Waals surface area contributed by atoms with Crippen LogP contribution in [0.1, 0.15) is 0 Å². The van der Waals surface area contributed by atoms with E-state index in [4.69, 9.17) is 0 Å². The molecule has 1 aromatic carbocycles. The van der Waals surface area contributed by atoms with Gasteiger partial charge >= 0.3 is 0 Å². The summed E-state index contributed by atoms with van der Waals surface area (Å²) in [4.78, 5) is 8.34. The van der Waals surface area contributed by atoms with E-state index in [-0.39, 0.29) is 0 Å². The SMILES string of the molecule is O=P1(c2ccccc2)c2cnccc2-c2ccncc21. The first-order valence-corrected chi connectivity index (χ1v) is 8.08. The highest BCUT2D eigenvalue weighted by atomic mass is 31.2. The minimum atomic E-state index is -2.83. The molecule has 0 fully saturated rings. The van der Waals surface area contributed by atoms with Crippen molar-refractivity contribution < 1.29 is 4.57 Å². The second kappa shape index (κ2) is 4.12. The van der Waals surface area contributed by atoms with E-state index in [1.54, 1.807) is 24.8 Å². The normalized spacial score (nSPS) is 14.6. The van der Waals surface area contributed by atoms with Crippen molar-refractivity contribution in [1.29, 1.82) is 0 Å². The molecule has 4 rings (SSSR count). The molecule has 20 heavy (non-hydrogen) atoms. The predicted molar refractivity (Wildman–Crippen MR) is 80.4 cm³/mol. The lowest BCUT2D eigenvalue weighted by Crippen LogP contribution is -2.21. The zero-order valence-electron chi connectivity index (χ0n) is 10.6. The molecular weight excluding hydrogens is 267 g/mol. The predicted octanol–water partition coefficient (Wildman–Crippen LogP) is 2.10. The number of pyridine rings is 2. The first-order valence-electron chi connectivity index (χ1n) is 6.37. The maximum absolute atomic E-state index is 13.8. The van der Waals surface area contributed by atoms with Crippen LogP contribution in [0, 0.1) is 0 Å². The van der Waals surface area contributed by atoms with E-state index < -0.39 is 7.14 Å². The number of hydrogen-bond donors (Lipinski definition) is 0. The summed E-state index contributed by atoms with van der Waals surface area (Å²) in [6.07, 6.45) is 6.93. The van der Waals surface area contributed by atoms with Gasteiger partial charge in [-0.05, 0) is 23.3 Å². The summed E-state index contributed by atoms with van der Waals surface area (Å²) in [6.45, 7) is 0. The van der Waals surface area contributed by atoms with Crippen LogP contribution in [0.25, 0.3) is 11.1 Å².